The largest absolute Gasteiger partial charge is 0.470 e. The number of nitrogens with two attached hydrogens (primary N) is 1. The third-order valence-corrected chi connectivity index (χ3v) is 5.94. The molecule has 0 aliphatic rings. The highest BCUT2D eigenvalue weighted by atomic mass is 32.1. The molecule has 34 heavy (non-hydrogen) atoms. The van der Waals surface area contributed by atoms with E-state index in [1.807, 2.05) is 30.3 Å². The first-order valence-corrected chi connectivity index (χ1v) is 10.9. The van der Waals surface area contributed by atoms with Crippen molar-refractivity contribution in [2.45, 2.75) is 6.61 Å². The van der Waals surface area contributed by atoms with Crippen LogP contribution in [0, 0.1) is 0 Å². The van der Waals surface area contributed by atoms with Crippen LogP contribution < -0.4 is 16.1 Å². The molecule has 0 radical (unpaired) electrons. The smallest absolute Gasteiger partial charge is 0.362 e. The summed E-state index contributed by atoms with van der Waals surface area (Å²) >= 11 is 1.17. The molecular formula is C23H17N5O5S. The fourth-order valence-corrected chi connectivity index (χ4v) is 4.17. The number of rotatable bonds is 6. The number of carbonyl (C=O) groups excluding carboxylic acids is 1. The summed E-state index contributed by atoms with van der Waals surface area (Å²) in [6.07, 6.45) is 1.54. The van der Waals surface area contributed by atoms with Crippen LogP contribution in [0.4, 0.5) is 5.69 Å². The summed E-state index contributed by atoms with van der Waals surface area (Å²) in [6, 6.07) is 16.1. The van der Waals surface area contributed by atoms with Crippen LogP contribution in [-0.2, 0) is 11.3 Å². The highest BCUT2D eigenvalue weighted by Gasteiger charge is 2.22. The van der Waals surface area contributed by atoms with Gasteiger partial charge in [-0.15, -0.1) is 16.4 Å². The topological polar surface area (TPSA) is 135 Å². The molecule has 0 atom stereocenters. The molecule has 2 N–H and O–H groups in total. The van der Waals surface area contributed by atoms with Gasteiger partial charge in [0.1, 0.15) is 22.9 Å². The van der Waals surface area contributed by atoms with Crippen molar-refractivity contribution in [3.05, 3.63) is 81.8 Å². The lowest BCUT2D eigenvalue weighted by Crippen LogP contribution is -2.10. The fraction of sp³-hybridized carbons (Fsp3) is 0.0870. The van der Waals surface area contributed by atoms with Crippen LogP contribution >= 0.6 is 11.3 Å². The molecule has 0 aliphatic carbocycles. The highest BCUT2D eigenvalue weighted by Crippen LogP contribution is 2.33. The lowest BCUT2D eigenvalue weighted by molar-refractivity contribution is 0.0600. The maximum absolute atomic E-state index is 12.4. The van der Waals surface area contributed by atoms with Gasteiger partial charge in [-0.25, -0.2) is 19.3 Å². The molecule has 3 heterocycles. The Bertz CT molecular complexity index is 1560. The molecule has 10 nitrogen and oxygen atoms in total. The van der Waals surface area contributed by atoms with Gasteiger partial charge in [0.2, 0.25) is 5.88 Å². The Balaban J connectivity index is 1.40. The van der Waals surface area contributed by atoms with Crippen molar-refractivity contribution in [3.8, 4) is 22.1 Å². The first-order chi connectivity index (χ1) is 16.5. The first kappa shape index (κ1) is 21.3. The molecule has 0 fully saturated rings. The number of methoxy groups -OCH3 is 1. The summed E-state index contributed by atoms with van der Waals surface area (Å²) in [7, 11) is 1.29. The molecule has 0 aliphatic heterocycles. The van der Waals surface area contributed by atoms with Crippen molar-refractivity contribution in [1.82, 2.24) is 20.0 Å². The van der Waals surface area contributed by atoms with E-state index in [9.17, 15) is 9.59 Å². The number of benzene rings is 2. The van der Waals surface area contributed by atoms with Gasteiger partial charge in [0.15, 0.2) is 10.6 Å². The zero-order valence-corrected chi connectivity index (χ0v) is 18.6. The third-order valence-electron chi connectivity index (χ3n) is 4.87. The fourth-order valence-electron chi connectivity index (χ4n) is 3.23. The molecule has 0 amide bonds. The maximum Gasteiger partial charge on any atom is 0.362 e. The predicted octanol–water partition coefficient (Wildman–Crippen LogP) is 3.45. The molecule has 11 heteroatoms. The first-order valence-electron chi connectivity index (χ1n) is 10.0. The minimum atomic E-state index is -0.588. The van der Waals surface area contributed by atoms with Crippen LogP contribution in [0.2, 0.25) is 0 Å². The molecule has 5 rings (SSSR count). The lowest BCUT2D eigenvalue weighted by Gasteiger charge is -2.03. The standard InChI is InChI=1S/C23H17N5O5S/c1-31-23(30)19-20(25-21(34-19)13-5-3-2-4-6-13)32-12-16-11-28(27-26-16)17-9-14-7-8-15(24)10-18(14)33-22(17)29/h2-11H,12,24H2,1H3. The molecule has 0 unspecified atom stereocenters. The average Bonchev–Trinajstić information content (AvgIpc) is 3.50. The second-order valence-electron chi connectivity index (χ2n) is 7.17. The zero-order chi connectivity index (χ0) is 23.7. The van der Waals surface area contributed by atoms with Crippen molar-refractivity contribution in [1.29, 1.82) is 0 Å². The number of carbonyl (C=O) groups is 1. The predicted molar refractivity (Wildman–Crippen MR) is 125 cm³/mol. The highest BCUT2D eigenvalue weighted by molar-refractivity contribution is 7.17. The van der Waals surface area contributed by atoms with Crippen LogP contribution in [0.3, 0.4) is 0 Å². The van der Waals surface area contributed by atoms with Crippen LogP contribution in [0.15, 0.2) is 70.0 Å². The van der Waals surface area contributed by atoms with Crippen molar-refractivity contribution in [3.63, 3.8) is 0 Å². The van der Waals surface area contributed by atoms with Gasteiger partial charge >= 0.3 is 11.6 Å². The van der Waals surface area contributed by atoms with Crippen LogP contribution in [-0.4, -0.2) is 33.1 Å². The summed E-state index contributed by atoms with van der Waals surface area (Å²) in [5.41, 5.74) is 7.48. The van der Waals surface area contributed by atoms with E-state index in [-0.39, 0.29) is 23.1 Å². The number of hydrogen-bond donors (Lipinski definition) is 1. The average molecular weight is 475 g/mol. The normalized spacial score (nSPS) is 11.0. The number of aromatic nitrogens is 4. The van der Waals surface area contributed by atoms with E-state index < -0.39 is 11.6 Å². The van der Waals surface area contributed by atoms with E-state index >= 15 is 0 Å². The van der Waals surface area contributed by atoms with E-state index in [1.54, 1.807) is 24.3 Å². The third kappa shape index (κ3) is 4.11. The second kappa shape index (κ2) is 8.79. The number of nitrogen functional groups attached to an aromatic ring is 1. The molecule has 0 saturated carbocycles. The SMILES string of the molecule is COC(=O)c1sc(-c2ccccc2)nc1OCc1cn(-c2cc3ccc(N)cc3oc2=O)nn1. The number of hydrogen-bond acceptors (Lipinski definition) is 10. The molecule has 2 aromatic carbocycles. The van der Waals surface area contributed by atoms with Gasteiger partial charge in [-0.3, -0.25) is 0 Å². The van der Waals surface area contributed by atoms with E-state index in [0.717, 1.165) is 5.56 Å². The molecule has 0 bridgehead atoms. The minimum absolute atomic E-state index is 0.0304. The summed E-state index contributed by atoms with van der Waals surface area (Å²) in [4.78, 5) is 29.4. The zero-order valence-electron chi connectivity index (χ0n) is 17.8. The van der Waals surface area contributed by atoms with Gasteiger partial charge in [-0.2, -0.15) is 0 Å². The van der Waals surface area contributed by atoms with Gasteiger partial charge in [0, 0.05) is 22.7 Å². The summed E-state index contributed by atoms with van der Waals surface area (Å²) < 4.78 is 17.3. The van der Waals surface area contributed by atoms with E-state index in [0.29, 0.717) is 27.4 Å². The van der Waals surface area contributed by atoms with E-state index in [1.165, 1.54) is 29.3 Å². The van der Waals surface area contributed by atoms with Crippen molar-refractivity contribution < 1.29 is 18.7 Å². The Morgan fingerprint density at radius 3 is 2.79 bits per heavy atom. The monoisotopic (exact) mass is 475 g/mol. The van der Waals surface area contributed by atoms with Crippen molar-refractivity contribution in [2.75, 3.05) is 12.8 Å². The lowest BCUT2D eigenvalue weighted by atomic mass is 10.2. The Labute approximate surface area is 196 Å². The Morgan fingerprint density at radius 2 is 2.00 bits per heavy atom. The number of ether oxygens (including phenoxy) is 2. The number of thiazole rings is 1. The summed E-state index contributed by atoms with van der Waals surface area (Å²) in [5.74, 6) is -0.416. The molecule has 0 spiro atoms. The van der Waals surface area contributed by atoms with Gasteiger partial charge < -0.3 is 19.6 Å². The van der Waals surface area contributed by atoms with E-state index in [4.69, 9.17) is 19.6 Å². The summed E-state index contributed by atoms with van der Waals surface area (Å²) in [6.45, 7) is -0.0304. The van der Waals surface area contributed by atoms with Gasteiger partial charge in [-0.05, 0) is 18.2 Å². The summed E-state index contributed by atoms with van der Waals surface area (Å²) in [5, 5.41) is 9.36. The van der Waals surface area contributed by atoms with Gasteiger partial charge in [0.25, 0.3) is 0 Å². The number of fused-ring (bicyclic) bond motifs is 1. The maximum atomic E-state index is 12.4. The van der Waals surface area contributed by atoms with Gasteiger partial charge in [-0.1, -0.05) is 35.5 Å². The number of nitrogens with zero attached hydrogens (tertiary/aromatic N) is 4. The molecule has 5 aromatic rings. The molecule has 0 saturated heterocycles. The second-order valence-corrected chi connectivity index (χ2v) is 8.17. The van der Waals surface area contributed by atoms with Crippen LogP contribution in [0.1, 0.15) is 15.4 Å². The minimum Gasteiger partial charge on any atom is -0.470 e. The number of esters is 1. The Hall–Kier alpha value is -4.51. The quantitative estimate of drug-likeness (QED) is 0.222. The molecule has 170 valence electrons. The number of anilines is 1. The van der Waals surface area contributed by atoms with Crippen molar-refractivity contribution >= 4 is 34.0 Å². The molecular weight excluding hydrogens is 458 g/mol. The van der Waals surface area contributed by atoms with E-state index in [2.05, 4.69) is 15.3 Å². The Kier molecular flexibility index (Phi) is 5.52. The van der Waals surface area contributed by atoms with Crippen molar-refractivity contribution in [2.24, 2.45) is 0 Å². The van der Waals surface area contributed by atoms with Gasteiger partial charge in [0.05, 0.1) is 13.3 Å². The van der Waals surface area contributed by atoms with Crippen LogP contribution in [0.5, 0.6) is 5.88 Å². The Morgan fingerprint density at radius 1 is 1.18 bits per heavy atom. The molecule has 3 aromatic heterocycles. The van der Waals surface area contributed by atoms with Crippen LogP contribution in [0.25, 0.3) is 27.2 Å².